The molecule has 0 aliphatic heterocycles. The lowest BCUT2D eigenvalue weighted by molar-refractivity contribution is -0.134. The van der Waals surface area contributed by atoms with Crippen LogP contribution in [0, 0.1) is 0 Å². The molecule has 1 N–H and O–H groups in total. The Balaban J connectivity index is 3.68. The highest BCUT2D eigenvalue weighted by molar-refractivity contribution is 5.82. The lowest BCUT2D eigenvalue weighted by atomic mass is 10.3. The fraction of sp³-hybridized carbons (Fsp3) is 0.400. The summed E-state index contributed by atoms with van der Waals surface area (Å²) in [5.41, 5.74) is 0. The van der Waals surface area contributed by atoms with Crippen molar-refractivity contribution in [3.05, 3.63) is 24.4 Å². The number of allylic oxidation sites excluding steroid dienone is 2. The third kappa shape index (κ3) is 7.09. The third-order valence-electron chi connectivity index (χ3n) is 1.36. The number of methoxy groups -OCH3 is 1. The van der Waals surface area contributed by atoms with E-state index in [2.05, 4.69) is 10.1 Å². The van der Waals surface area contributed by atoms with E-state index < -0.39 is 5.97 Å². The van der Waals surface area contributed by atoms with E-state index in [0.29, 0.717) is 6.42 Å². The summed E-state index contributed by atoms with van der Waals surface area (Å²) in [4.78, 5) is 21.5. The Morgan fingerprint density at radius 3 is 2.64 bits per heavy atom. The molecule has 0 fully saturated rings. The van der Waals surface area contributed by atoms with Gasteiger partial charge in [0.05, 0.1) is 7.11 Å². The van der Waals surface area contributed by atoms with Crippen molar-refractivity contribution in [1.29, 1.82) is 0 Å². The molecule has 0 aliphatic rings. The van der Waals surface area contributed by atoms with E-state index in [9.17, 15) is 9.59 Å². The largest absolute Gasteiger partial charge is 0.466 e. The summed E-state index contributed by atoms with van der Waals surface area (Å²) in [6, 6.07) is 0. The monoisotopic (exact) mass is 197 g/mol. The van der Waals surface area contributed by atoms with Gasteiger partial charge in [0.15, 0.2) is 0 Å². The Hall–Kier alpha value is -1.58. The van der Waals surface area contributed by atoms with E-state index in [1.807, 2.05) is 6.92 Å². The van der Waals surface area contributed by atoms with Gasteiger partial charge in [-0.15, -0.1) is 0 Å². The molecule has 0 saturated heterocycles. The highest BCUT2D eigenvalue weighted by atomic mass is 16.5. The highest BCUT2D eigenvalue weighted by Crippen LogP contribution is 1.85. The Labute approximate surface area is 83.6 Å². The second kappa shape index (κ2) is 8.04. The maximum atomic E-state index is 10.9. The second-order valence-electron chi connectivity index (χ2n) is 2.56. The fourth-order valence-electron chi connectivity index (χ4n) is 0.698. The van der Waals surface area contributed by atoms with Gasteiger partial charge in [-0.2, -0.15) is 0 Å². The first-order valence-corrected chi connectivity index (χ1v) is 4.41. The van der Waals surface area contributed by atoms with Gasteiger partial charge in [0, 0.05) is 18.7 Å². The van der Waals surface area contributed by atoms with Crippen LogP contribution in [0.1, 0.15) is 19.8 Å². The molecule has 0 bridgehead atoms. The van der Waals surface area contributed by atoms with Crippen molar-refractivity contribution in [3.63, 3.8) is 0 Å². The number of carbonyl (C=O) groups is 2. The number of rotatable bonds is 5. The molecule has 0 aromatic carbocycles. The molecular formula is C10H15NO3. The normalized spacial score (nSPS) is 10.7. The van der Waals surface area contributed by atoms with Crippen molar-refractivity contribution < 1.29 is 14.3 Å². The molecule has 0 rings (SSSR count). The molecule has 4 heteroatoms. The molecule has 0 saturated carbocycles. The van der Waals surface area contributed by atoms with Crippen molar-refractivity contribution in [2.45, 2.75) is 19.8 Å². The van der Waals surface area contributed by atoms with E-state index in [-0.39, 0.29) is 5.91 Å². The number of ether oxygens (including phenoxy) is 1. The van der Waals surface area contributed by atoms with E-state index in [0.717, 1.165) is 6.42 Å². The van der Waals surface area contributed by atoms with Gasteiger partial charge < -0.3 is 10.1 Å². The van der Waals surface area contributed by atoms with Crippen LogP contribution >= 0.6 is 0 Å². The summed E-state index contributed by atoms with van der Waals surface area (Å²) < 4.78 is 4.37. The quantitative estimate of drug-likeness (QED) is 0.408. The van der Waals surface area contributed by atoms with E-state index in [1.54, 1.807) is 6.08 Å². The van der Waals surface area contributed by atoms with Crippen LogP contribution < -0.4 is 5.32 Å². The molecule has 0 aliphatic carbocycles. The number of hydrogen-bond acceptors (Lipinski definition) is 3. The lowest BCUT2D eigenvalue weighted by Crippen LogP contribution is -2.15. The number of hydrogen-bond donors (Lipinski definition) is 1. The highest BCUT2D eigenvalue weighted by Gasteiger charge is 1.92. The van der Waals surface area contributed by atoms with Gasteiger partial charge in [0.1, 0.15) is 0 Å². The molecule has 4 nitrogen and oxygen atoms in total. The topological polar surface area (TPSA) is 55.4 Å². The molecule has 78 valence electrons. The zero-order valence-electron chi connectivity index (χ0n) is 8.45. The Morgan fingerprint density at radius 2 is 2.07 bits per heavy atom. The third-order valence-corrected chi connectivity index (χ3v) is 1.36. The van der Waals surface area contributed by atoms with Gasteiger partial charge in [0.25, 0.3) is 0 Å². The van der Waals surface area contributed by atoms with E-state index in [1.165, 1.54) is 25.5 Å². The minimum atomic E-state index is -0.422. The van der Waals surface area contributed by atoms with Gasteiger partial charge in [-0.3, -0.25) is 4.79 Å². The van der Waals surface area contributed by atoms with E-state index in [4.69, 9.17) is 0 Å². The molecule has 0 aromatic heterocycles. The first-order chi connectivity index (χ1) is 6.70. The summed E-state index contributed by atoms with van der Waals surface area (Å²) in [7, 11) is 1.30. The number of amides is 1. The van der Waals surface area contributed by atoms with Gasteiger partial charge in [-0.05, 0) is 12.5 Å². The van der Waals surface area contributed by atoms with Crippen LogP contribution in [0.3, 0.4) is 0 Å². The summed E-state index contributed by atoms with van der Waals surface area (Å²) in [5, 5.41) is 2.55. The molecule has 0 aromatic rings. The molecule has 0 spiro atoms. The average molecular weight is 197 g/mol. The molecule has 0 atom stereocenters. The number of nitrogens with one attached hydrogen (secondary N) is 1. The zero-order valence-corrected chi connectivity index (χ0v) is 8.45. The van der Waals surface area contributed by atoms with Crippen LogP contribution in [0.15, 0.2) is 24.4 Å². The van der Waals surface area contributed by atoms with Gasteiger partial charge in [-0.25, -0.2) is 4.79 Å². The molecule has 0 radical (unpaired) electrons. The van der Waals surface area contributed by atoms with Crippen molar-refractivity contribution in [2.24, 2.45) is 0 Å². The van der Waals surface area contributed by atoms with Gasteiger partial charge in [0.2, 0.25) is 5.91 Å². The fourth-order valence-corrected chi connectivity index (χ4v) is 0.698. The maximum absolute atomic E-state index is 10.9. The van der Waals surface area contributed by atoms with E-state index >= 15 is 0 Å². The first kappa shape index (κ1) is 12.4. The molecule has 0 unspecified atom stereocenters. The molecule has 0 heterocycles. The van der Waals surface area contributed by atoms with Crippen molar-refractivity contribution in [3.8, 4) is 0 Å². The Bertz CT molecular complexity index is 244. The standard InChI is InChI=1S/C10H15NO3/c1-3-6-9(12)11-8-5-4-7-10(13)14-2/h4-5,7-8H,3,6H2,1-2H3,(H,11,12)/b7-4+,8-5-. The van der Waals surface area contributed by atoms with Crippen molar-refractivity contribution in [2.75, 3.05) is 7.11 Å². The summed E-state index contributed by atoms with van der Waals surface area (Å²) >= 11 is 0. The number of carbonyl (C=O) groups excluding carboxylic acids is 2. The number of esters is 1. The summed E-state index contributed by atoms with van der Waals surface area (Å²) in [5.74, 6) is -0.454. The molecule has 1 amide bonds. The van der Waals surface area contributed by atoms with Crippen molar-refractivity contribution >= 4 is 11.9 Å². The average Bonchev–Trinajstić information content (AvgIpc) is 2.17. The zero-order chi connectivity index (χ0) is 10.8. The Kier molecular flexibility index (Phi) is 7.13. The predicted molar refractivity (Wildman–Crippen MR) is 53.3 cm³/mol. The second-order valence-corrected chi connectivity index (χ2v) is 2.56. The predicted octanol–water partition coefficient (Wildman–Crippen LogP) is 1.15. The van der Waals surface area contributed by atoms with Crippen LogP contribution in [0.25, 0.3) is 0 Å². The maximum Gasteiger partial charge on any atom is 0.330 e. The minimum Gasteiger partial charge on any atom is -0.466 e. The van der Waals surface area contributed by atoms with Crippen LogP contribution in [0.4, 0.5) is 0 Å². The van der Waals surface area contributed by atoms with Gasteiger partial charge in [-0.1, -0.05) is 13.0 Å². The molecule has 14 heavy (non-hydrogen) atoms. The first-order valence-electron chi connectivity index (χ1n) is 4.41. The van der Waals surface area contributed by atoms with Crippen LogP contribution in [0.2, 0.25) is 0 Å². The van der Waals surface area contributed by atoms with Crippen molar-refractivity contribution in [1.82, 2.24) is 5.32 Å². The van der Waals surface area contributed by atoms with Gasteiger partial charge >= 0.3 is 5.97 Å². The summed E-state index contributed by atoms with van der Waals surface area (Å²) in [6.45, 7) is 1.93. The van der Waals surface area contributed by atoms with Crippen LogP contribution in [-0.2, 0) is 14.3 Å². The van der Waals surface area contributed by atoms with Crippen LogP contribution in [0.5, 0.6) is 0 Å². The SMILES string of the molecule is CCCC(=O)N/C=C\C=C\C(=O)OC. The smallest absolute Gasteiger partial charge is 0.330 e. The Morgan fingerprint density at radius 1 is 1.36 bits per heavy atom. The minimum absolute atomic E-state index is 0.0322. The molecular weight excluding hydrogens is 182 g/mol. The summed E-state index contributed by atoms with van der Waals surface area (Å²) in [6.07, 6.45) is 7.13. The lowest BCUT2D eigenvalue weighted by Gasteiger charge is -1.94. The van der Waals surface area contributed by atoms with Crippen LogP contribution in [-0.4, -0.2) is 19.0 Å².